The van der Waals surface area contributed by atoms with Gasteiger partial charge in [0.05, 0.1) is 5.69 Å². The van der Waals surface area contributed by atoms with E-state index >= 15 is 0 Å². The molecular formula is C26H25F2N3O. The lowest BCUT2D eigenvalue weighted by Gasteiger charge is -2.10. The maximum absolute atomic E-state index is 13.6. The van der Waals surface area contributed by atoms with Crippen LogP contribution < -0.4 is 5.32 Å². The van der Waals surface area contributed by atoms with E-state index in [9.17, 15) is 13.6 Å². The number of amides is 1. The van der Waals surface area contributed by atoms with Crippen LogP contribution in [0.3, 0.4) is 0 Å². The molecule has 0 atom stereocenters. The van der Waals surface area contributed by atoms with Gasteiger partial charge in [0.1, 0.15) is 23.0 Å². The maximum Gasteiger partial charge on any atom is 0.268 e. The van der Waals surface area contributed by atoms with Crippen LogP contribution in [-0.2, 0) is 13.0 Å². The van der Waals surface area contributed by atoms with Crippen molar-refractivity contribution in [3.8, 4) is 22.4 Å². The lowest BCUT2D eigenvalue weighted by molar-refractivity contribution is 0.0948. The molecule has 0 unspecified atom stereocenters. The molecule has 1 aliphatic rings. The molecule has 1 amide bonds. The molecule has 1 aliphatic heterocycles. The summed E-state index contributed by atoms with van der Waals surface area (Å²) in [5.41, 5.74) is 6.23. The molecule has 0 aliphatic carbocycles. The lowest BCUT2D eigenvalue weighted by atomic mass is 9.97. The van der Waals surface area contributed by atoms with Crippen LogP contribution in [-0.4, -0.2) is 21.4 Å². The second-order valence-electron chi connectivity index (χ2n) is 8.29. The molecule has 2 aromatic carbocycles. The number of hydrogen-bond acceptors (Lipinski definition) is 1. The summed E-state index contributed by atoms with van der Waals surface area (Å²) in [6, 6.07) is 12.8. The quantitative estimate of drug-likeness (QED) is 0.423. The highest BCUT2D eigenvalue weighted by molar-refractivity contribution is 6.03. The number of aromatic nitrogens is 2. The molecule has 0 bridgehead atoms. The molecule has 0 fully saturated rings. The van der Waals surface area contributed by atoms with Gasteiger partial charge in [0.25, 0.3) is 5.91 Å². The third-order valence-corrected chi connectivity index (χ3v) is 6.16. The van der Waals surface area contributed by atoms with E-state index in [4.69, 9.17) is 0 Å². The average Bonchev–Trinajstić information content (AvgIpc) is 3.21. The minimum Gasteiger partial charge on any atom is -0.351 e. The van der Waals surface area contributed by atoms with Crippen LogP contribution in [0.5, 0.6) is 0 Å². The van der Waals surface area contributed by atoms with Gasteiger partial charge in [-0.05, 0) is 73.2 Å². The van der Waals surface area contributed by atoms with Crippen molar-refractivity contribution in [2.45, 2.75) is 39.2 Å². The standard InChI is InChI=1S/C26H25F2N3O/c1-2-14-29-25(32)24-23(18-8-12-20(28)13-9-18)21-5-3-4-15-30-22(16-31(24)26(21)30)17-6-10-19(27)11-7-17/h6-13,16H,2-5,14-15H2,1H3,(H,29,32). The fourth-order valence-electron chi connectivity index (χ4n) is 4.71. The predicted molar refractivity (Wildman–Crippen MR) is 122 cm³/mol. The maximum atomic E-state index is 13.6. The summed E-state index contributed by atoms with van der Waals surface area (Å²) >= 11 is 0. The average molecular weight is 434 g/mol. The van der Waals surface area contributed by atoms with Gasteiger partial charge in [0.2, 0.25) is 0 Å². The van der Waals surface area contributed by atoms with Gasteiger partial charge >= 0.3 is 0 Å². The molecule has 5 rings (SSSR count). The van der Waals surface area contributed by atoms with E-state index in [-0.39, 0.29) is 17.5 Å². The van der Waals surface area contributed by atoms with Crippen LogP contribution in [0.15, 0.2) is 54.7 Å². The van der Waals surface area contributed by atoms with E-state index < -0.39 is 0 Å². The molecule has 2 aromatic heterocycles. The van der Waals surface area contributed by atoms with E-state index in [1.165, 1.54) is 24.3 Å². The Morgan fingerprint density at radius 1 is 0.969 bits per heavy atom. The summed E-state index contributed by atoms with van der Waals surface area (Å²) in [7, 11) is 0. The van der Waals surface area contributed by atoms with Gasteiger partial charge in [-0.15, -0.1) is 0 Å². The van der Waals surface area contributed by atoms with Crippen molar-refractivity contribution in [2.24, 2.45) is 0 Å². The molecule has 6 heteroatoms. The predicted octanol–water partition coefficient (Wildman–Crippen LogP) is 5.83. The molecule has 0 radical (unpaired) electrons. The number of halogens is 2. The monoisotopic (exact) mass is 433 g/mol. The molecule has 1 N–H and O–H groups in total. The first kappa shape index (κ1) is 20.5. The highest BCUT2D eigenvalue weighted by Crippen LogP contribution is 2.39. The third-order valence-electron chi connectivity index (χ3n) is 6.16. The molecule has 0 spiro atoms. The Morgan fingerprint density at radius 3 is 2.28 bits per heavy atom. The van der Waals surface area contributed by atoms with Gasteiger partial charge in [-0.25, -0.2) is 8.78 Å². The molecule has 0 saturated carbocycles. The van der Waals surface area contributed by atoms with Crippen LogP contribution >= 0.6 is 0 Å². The van der Waals surface area contributed by atoms with Gasteiger partial charge in [0.15, 0.2) is 0 Å². The van der Waals surface area contributed by atoms with Crippen molar-refractivity contribution >= 4 is 11.6 Å². The van der Waals surface area contributed by atoms with Gasteiger partial charge in [-0.3, -0.25) is 9.20 Å². The third kappa shape index (κ3) is 3.40. The molecular weight excluding hydrogens is 408 g/mol. The Labute approximate surface area is 185 Å². The number of carbonyl (C=O) groups is 1. The fourth-order valence-corrected chi connectivity index (χ4v) is 4.71. The zero-order chi connectivity index (χ0) is 22.2. The number of imidazole rings is 1. The molecule has 164 valence electrons. The zero-order valence-corrected chi connectivity index (χ0v) is 18.0. The molecule has 0 saturated heterocycles. The SMILES string of the molecule is CCCNC(=O)c1c(-c2ccc(F)cc2)c2c3n(c(-c4ccc(F)cc4)cn13)CCCC2. The van der Waals surface area contributed by atoms with Crippen LogP contribution in [0.1, 0.15) is 42.2 Å². The Morgan fingerprint density at radius 2 is 1.62 bits per heavy atom. The number of carbonyl (C=O) groups excluding carboxylic acids is 1. The van der Waals surface area contributed by atoms with Gasteiger partial charge in [-0.2, -0.15) is 0 Å². The lowest BCUT2D eigenvalue weighted by Crippen LogP contribution is -2.25. The number of aryl methyl sites for hydroxylation is 2. The largest absolute Gasteiger partial charge is 0.351 e. The second-order valence-corrected chi connectivity index (χ2v) is 8.29. The van der Waals surface area contributed by atoms with E-state index in [0.29, 0.717) is 12.2 Å². The minimum atomic E-state index is -0.302. The van der Waals surface area contributed by atoms with Gasteiger partial charge in [-0.1, -0.05) is 19.1 Å². The minimum absolute atomic E-state index is 0.143. The molecule has 32 heavy (non-hydrogen) atoms. The number of benzene rings is 2. The molecule has 4 nitrogen and oxygen atoms in total. The Kier molecular flexibility index (Phi) is 5.29. The summed E-state index contributed by atoms with van der Waals surface area (Å²) in [5, 5.41) is 3.02. The van der Waals surface area contributed by atoms with Gasteiger partial charge in [0, 0.05) is 30.4 Å². The highest BCUT2D eigenvalue weighted by atomic mass is 19.1. The number of nitrogens with one attached hydrogen (secondary N) is 1. The summed E-state index contributed by atoms with van der Waals surface area (Å²) in [6.07, 6.45) is 5.65. The first-order valence-electron chi connectivity index (χ1n) is 11.1. The Balaban J connectivity index is 1.80. The number of hydrogen-bond donors (Lipinski definition) is 1. The summed E-state index contributed by atoms with van der Waals surface area (Å²) in [6.45, 7) is 3.41. The van der Waals surface area contributed by atoms with Crippen LogP contribution in [0.25, 0.3) is 28.0 Å². The van der Waals surface area contributed by atoms with E-state index in [0.717, 1.165) is 65.8 Å². The fraction of sp³-hybridized carbons (Fsp3) is 0.269. The molecule has 4 aromatic rings. The first-order chi connectivity index (χ1) is 15.6. The molecule has 3 heterocycles. The van der Waals surface area contributed by atoms with Crippen LogP contribution in [0.2, 0.25) is 0 Å². The Bertz CT molecular complexity index is 1280. The van der Waals surface area contributed by atoms with Crippen molar-refractivity contribution in [3.63, 3.8) is 0 Å². The topological polar surface area (TPSA) is 38.4 Å². The first-order valence-corrected chi connectivity index (χ1v) is 11.1. The van der Waals surface area contributed by atoms with Gasteiger partial charge < -0.3 is 9.88 Å². The van der Waals surface area contributed by atoms with Crippen LogP contribution in [0, 0.1) is 11.6 Å². The zero-order valence-electron chi connectivity index (χ0n) is 18.0. The summed E-state index contributed by atoms with van der Waals surface area (Å²) < 4.78 is 31.4. The summed E-state index contributed by atoms with van der Waals surface area (Å²) in [4.78, 5) is 13.4. The van der Waals surface area contributed by atoms with E-state index in [2.05, 4.69) is 9.88 Å². The van der Waals surface area contributed by atoms with Crippen molar-refractivity contribution in [1.82, 2.24) is 14.3 Å². The van der Waals surface area contributed by atoms with E-state index in [1.54, 1.807) is 24.3 Å². The van der Waals surface area contributed by atoms with Crippen molar-refractivity contribution < 1.29 is 13.6 Å². The van der Waals surface area contributed by atoms with Crippen molar-refractivity contribution in [3.05, 3.63) is 77.6 Å². The van der Waals surface area contributed by atoms with Crippen LogP contribution in [0.4, 0.5) is 8.78 Å². The number of nitrogens with zero attached hydrogens (tertiary/aromatic N) is 2. The van der Waals surface area contributed by atoms with E-state index in [1.807, 2.05) is 17.5 Å². The summed E-state index contributed by atoms with van der Waals surface area (Å²) in [5.74, 6) is -0.721. The highest BCUT2D eigenvalue weighted by Gasteiger charge is 2.29. The smallest absolute Gasteiger partial charge is 0.268 e. The van der Waals surface area contributed by atoms with Crippen molar-refractivity contribution in [2.75, 3.05) is 6.54 Å². The Hall–Kier alpha value is -3.41. The second kappa shape index (κ2) is 8.26. The van der Waals surface area contributed by atoms with Crippen molar-refractivity contribution in [1.29, 1.82) is 0 Å². The normalized spacial score (nSPS) is 13.3. The number of rotatable bonds is 5.